The summed E-state index contributed by atoms with van der Waals surface area (Å²) in [5, 5.41) is 3.06. The molecule has 1 amide bonds. The van der Waals surface area contributed by atoms with Gasteiger partial charge in [0.2, 0.25) is 10.0 Å². The van der Waals surface area contributed by atoms with Gasteiger partial charge in [0, 0.05) is 6.04 Å². The standard InChI is InChI=1S/C18H25F2N3O3S/c19-14-6-7-16(20)17(12-14)27(25,26)23-10-8-22(9-11-23)13-18(24)21-15-4-2-1-3-5-15/h6-7,12,15H,1-5,8-11,13H2,(H,21,24)/p+1. The van der Waals surface area contributed by atoms with E-state index in [9.17, 15) is 22.0 Å². The number of halogens is 2. The molecule has 2 fully saturated rings. The minimum atomic E-state index is -4.09. The van der Waals surface area contributed by atoms with Crippen molar-refractivity contribution in [1.29, 1.82) is 0 Å². The first-order valence-corrected chi connectivity index (χ1v) is 10.9. The zero-order valence-electron chi connectivity index (χ0n) is 15.2. The Balaban J connectivity index is 1.53. The smallest absolute Gasteiger partial charge is 0.275 e. The van der Waals surface area contributed by atoms with E-state index in [1.165, 1.54) is 6.42 Å². The molecule has 1 aliphatic carbocycles. The number of amides is 1. The average molecular weight is 402 g/mol. The molecule has 0 unspecified atom stereocenters. The molecule has 9 heteroatoms. The third kappa shape index (κ3) is 5.03. The monoisotopic (exact) mass is 402 g/mol. The Morgan fingerprint density at radius 1 is 1.15 bits per heavy atom. The lowest BCUT2D eigenvalue weighted by molar-refractivity contribution is -0.895. The zero-order chi connectivity index (χ0) is 19.4. The second-order valence-corrected chi connectivity index (χ2v) is 9.21. The molecule has 2 aliphatic rings. The van der Waals surface area contributed by atoms with Gasteiger partial charge in [-0.25, -0.2) is 17.2 Å². The summed E-state index contributed by atoms with van der Waals surface area (Å²) in [6.07, 6.45) is 5.55. The zero-order valence-corrected chi connectivity index (χ0v) is 16.0. The normalized spacial score (nSPS) is 20.5. The lowest BCUT2D eigenvalue weighted by Crippen LogP contribution is -3.15. The van der Waals surface area contributed by atoms with Crippen molar-refractivity contribution < 1.29 is 26.9 Å². The van der Waals surface area contributed by atoms with Crippen LogP contribution in [0.3, 0.4) is 0 Å². The Labute approximate surface area is 158 Å². The number of benzene rings is 1. The minimum Gasteiger partial charge on any atom is -0.348 e. The Kier molecular flexibility index (Phi) is 6.44. The number of sulfonamides is 1. The summed E-state index contributed by atoms with van der Waals surface area (Å²) in [5.74, 6) is -1.76. The van der Waals surface area contributed by atoms with E-state index < -0.39 is 26.6 Å². The van der Waals surface area contributed by atoms with E-state index in [1.807, 2.05) is 0 Å². The molecule has 1 aromatic carbocycles. The van der Waals surface area contributed by atoms with Crippen molar-refractivity contribution in [3.8, 4) is 0 Å². The van der Waals surface area contributed by atoms with E-state index in [1.54, 1.807) is 0 Å². The number of carbonyl (C=O) groups is 1. The fraction of sp³-hybridized carbons (Fsp3) is 0.611. The van der Waals surface area contributed by atoms with Crippen LogP contribution < -0.4 is 10.2 Å². The number of carbonyl (C=O) groups excluding carboxylic acids is 1. The largest absolute Gasteiger partial charge is 0.348 e. The van der Waals surface area contributed by atoms with Crippen LogP contribution in [0, 0.1) is 11.6 Å². The van der Waals surface area contributed by atoms with Crippen molar-refractivity contribution in [3.63, 3.8) is 0 Å². The van der Waals surface area contributed by atoms with E-state index in [2.05, 4.69) is 5.32 Å². The fourth-order valence-electron chi connectivity index (χ4n) is 3.79. The number of piperazine rings is 1. The van der Waals surface area contributed by atoms with Gasteiger partial charge in [-0.3, -0.25) is 4.79 Å². The summed E-state index contributed by atoms with van der Waals surface area (Å²) in [4.78, 5) is 12.6. The Hall–Kier alpha value is -1.58. The molecule has 0 radical (unpaired) electrons. The number of nitrogens with zero attached hydrogens (tertiary/aromatic N) is 1. The van der Waals surface area contributed by atoms with Gasteiger partial charge in [0.1, 0.15) is 16.5 Å². The van der Waals surface area contributed by atoms with Gasteiger partial charge in [0.25, 0.3) is 5.91 Å². The number of hydrogen-bond donors (Lipinski definition) is 2. The van der Waals surface area contributed by atoms with E-state index in [-0.39, 0.29) is 25.0 Å². The van der Waals surface area contributed by atoms with Crippen molar-refractivity contribution in [3.05, 3.63) is 29.8 Å². The van der Waals surface area contributed by atoms with Crippen molar-refractivity contribution >= 4 is 15.9 Å². The highest BCUT2D eigenvalue weighted by Crippen LogP contribution is 2.20. The van der Waals surface area contributed by atoms with Gasteiger partial charge in [-0.1, -0.05) is 19.3 Å². The number of nitrogens with one attached hydrogen (secondary N) is 2. The predicted octanol–water partition coefficient (Wildman–Crippen LogP) is 0.303. The number of quaternary nitrogens is 1. The van der Waals surface area contributed by atoms with E-state index in [0.717, 1.165) is 47.0 Å². The molecule has 1 saturated heterocycles. The fourth-order valence-corrected chi connectivity index (χ4v) is 5.30. The highest BCUT2D eigenvalue weighted by Gasteiger charge is 2.33. The van der Waals surface area contributed by atoms with Crippen LogP contribution in [0.1, 0.15) is 32.1 Å². The Morgan fingerprint density at radius 2 is 1.81 bits per heavy atom. The van der Waals surface area contributed by atoms with Crippen LogP contribution in [0.4, 0.5) is 8.78 Å². The molecule has 1 heterocycles. The van der Waals surface area contributed by atoms with Crippen LogP contribution in [0.2, 0.25) is 0 Å². The topological polar surface area (TPSA) is 70.9 Å². The van der Waals surface area contributed by atoms with Crippen molar-refractivity contribution in [2.75, 3.05) is 32.7 Å². The predicted molar refractivity (Wildman–Crippen MR) is 95.7 cm³/mol. The van der Waals surface area contributed by atoms with Gasteiger partial charge in [0.15, 0.2) is 6.54 Å². The van der Waals surface area contributed by atoms with Crippen LogP contribution in [0.25, 0.3) is 0 Å². The molecule has 150 valence electrons. The summed E-state index contributed by atoms with van der Waals surface area (Å²) in [6, 6.07) is 2.67. The molecule has 0 aromatic heterocycles. The quantitative estimate of drug-likeness (QED) is 0.745. The lowest BCUT2D eigenvalue weighted by Gasteiger charge is -2.31. The Morgan fingerprint density at radius 3 is 2.48 bits per heavy atom. The average Bonchev–Trinajstić information content (AvgIpc) is 2.65. The maximum Gasteiger partial charge on any atom is 0.275 e. The van der Waals surface area contributed by atoms with E-state index in [4.69, 9.17) is 0 Å². The molecule has 3 rings (SSSR count). The molecule has 0 bridgehead atoms. The number of hydrogen-bond acceptors (Lipinski definition) is 3. The molecule has 2 N–H and O–H groups in total. The molecule has 1 aliphatic heterocycles. The summed E-state index contributed by atoms with van der Waals surface area (Å²) in [6.45, 7) is 1.55. The molecule has 0 atom stereocenters. The van der Waals surface area contributed by atoms with Crippen LogP contribution in [0.5, 0.6) is 0 Å². The minimum absolute atomic E-state index is 0.00983. The van der Waals surface area contributed by atoms with E-state index >= 15 is 0 Å². The molecule has 27 heavy (non-hydrogen) atoms. The first kappa shape index (κ1) is 20.2. The van der Waals surface area contributed by atoms with Gasteiger partial charge in [-0.05, 0) is 31.0 Å². The van der Waals surface area contributed by atoms with Crippen molar-refractivity contribution in [2.24, 2.45) is 0 Å². The summed E-state index contributed by atoms with van der Waals surface area (Å²) < 4.78 is 53.5. The second kappa shape index (κ2) is 8.62. The molecule has 6 nitrogen and oxygen atoms in total. The van der Waals surface area contributed by atoms with Gasteiger partial charge < -0.3 is 10.2 Å². The third-order valence-corrected chi connectivity index (χ3v) is 7.24. The molecule has 1 saturated carbocycles. The number of rotatable bonds is 5. The Bertz CT molecular complexity index is 774. The summed E-state index contributed by atoms with van der Waals surface area (Å²) in [5.41, 5.74) is 0. The van der Waals surface area contributed by atoms with Gasteiger partial charge in [0.05, 0.1) is 26.2 Å². The van der Waals surface area contributed by atoms with Crippen LogP contribution in [-0.2, 0) is 14.8 Å². The van der Waals surface area contributed by atoms with Gasteiger partial charge >= 0.3 is 0 Å². The van der Waals surface area contributed by atoms with Gasteiger partial charge in [-0.15, -0.1) is 0 Å². The van der Waals surface area contributed by atoms with Crippen LogP contribution in [0.15, 0.2) is 23.1 Å². The maximum atomic E-state index is 13.9. The molecule has 0 spiro atoms. The molecular formula is C18H26F2N3O3S+. The first-order chi connectivity index (χ1) is 12.9. The van der Waals surface area contributed by atoms with Crippen LogP contribution in [-0.4, -0.2) is 57.4 Å². The van der Waals surface area contributed by atoms with Crippen molar-refractivity contribution in [2.45, 2.75) is 43.0 Å². The SMILES string of the molecule is O=C(C[NH+]1CCN(S(=O)(=O)c2cc(F)ccc2F)CC1)NC1CCCCC1. The molecular weight excluding hydrogens is 376 g/mol. The third-order valence-electron chi connectivity index (χ3n) is 5.32. The maximum absolute atomic E-state index is 13.9. The van der Waals surface area contributed by atoms with Crippen LogP contribution >= 0.6 is 0 Å². The summed E-state index contributed by atoms with van der Waals surface area (Å²) >= 11 is 0. The lowest BCUT2D eigenvalue weighted by atomic mass is 9.95. The van der Waals surface area contributed by atoms with Crippen molar-refractivity contribution in [1.82, 2.24) is 9.62 Å². The summed E-state index contributed by atoms with van der Waals surface area (Å²) in [7, 11) is -4.09. The second-order valence-electron chi connectivity index (χ2n) is 7.31. The van der Waals surface area contributed by atoms with Gasteiger partial charge in [-0.2, -0.15) is 4.31 Å². The first-order valence-electron chi connectivity index (χ1n) is 9.44. The molecule has 1 aromatic rings. The van der Waals surface area contributed by atoms with E-state index in [0.29, 0.717) is 25.7 Å². The highest BCUT2D eigenvalue weighted by molar-refractivity contribution is 7.89. The highest BCUT2D eigenvalue weighted by atomic mass is 32.2.